The number of nitrogens with one attached hydrogen (secondary N) is 2. The van der Waals surface area contributed by atoms with Crippen molar-refractivity contribution in [3.8, 4) is 0 Å². The maximum absolute atomic E-state index is 12.8. The molecule has 4 heteroatoms. The third-order valence-corrected chi connectivity index (χ3v) is 4.03. The molecule has 0 saturated heterocycles. The monoisotopic (exact) mass is 344 g/mol. The summed E-state index contributed by atoms with van der Waals surface area (Å²) in [6, 6.07) is 24.9. The van der Waals surface area contributed by atoms with Crippen LogP contribution in [-0.4, -0.2) is 11.8 Å². The summed E-state index contributed by atoms with van der Waals surface area (Å²) >= 11 is 0. The first-order valence-corrected chi connectivity index (χ1v) is 8.42. The molecule has 130 valence electrons. The molecule has 0 unspecified atom stereocenters. The van der Waals surface area contributed by atoms with Gasteiger partial charge in [0.15, 0.2) is 0 Å². The third-order valence-electron chi connectivity index (χ3n) is 4.03. The van der Waals surface area contributed by atoms with Crippen LogP contribution in [0.3, 0.4) is 0 Å². The molecule has 0 aromatic heterocycles. The maximum atomic E-state index is 12.8. The van der Waals surface area contributed by atoms with E-state index < -0.39 is 6.04 Å². The minimum atomic E-state index is -0.787. The van der Waals surface area contributed by atoms with Gasteiger partial charge in [-0.05, 0) is 36.8 Å². The van der Waals surface area contributed by atoms with Gasteiger partial charge in [-0.25, -0.2) is 0 Å². The minimum Gasteiger partial charge on any atom is -0.336 e. The molecule has 2 N–H and O–H groups in total. The molecule has 4 nitrogen and oxygen atoms in total. The van der Waals surface area contributed by atoms with Crippen molar-refractivity contribution in [3.63, 3.8) is 0 Å². The molecular formula is C22H20N2O2. The number of carbonyl (C=O) groups excluding carboxylic acids is 2. The first kappa shape index (κ1) is 17.4. The highest BCUT2D eigenvalue weighted by molar-refractivity contribution is 6.01. The van der Waals surface area contributed by atoms with E-state index >= 15 is 0 Å². The van der Waals surface area contributed by atoms with Crippen LogP contribution in [0.1, 0.15) is 27.5 Å². The SMILES string of the molecule is Cc1ccc(C(=O)N[C@@H](C(=O)Nc2ccccc2)c2ccccc2)cc1. The molecule has 1 atom stereocenters. The van der Waals surface area contributed by atoms with E-state index in [0.717, 1.165) is 11.1 Å². The van der Waals surface area contributed by atoms with Crippen molar-refractivity contribution in [1.82, 2.24) is 5.32 Å². The molecule has 0 saturated carbocycles. The van der Waals surface area contributed by atoms with Crippen molar-refractivity contribution in [2.75, 3.05) is 5.32 Å². The number of aryl methyl sites for hydroxylation is 1. The molecule has 0 heterocycles. The summed E-state index contributed by atoms with van der Waals surface area (Å²) < 4.78 is 0. The average molecular weight is 344 g/mol. The second-order valence-electron chi connectivity index (χ2n) is 6.04. The molecule has 3 aromatic rings. The molecule has 2 amide bonds. The molecule has 26 heavy (non-hydrogen) atoms. The van der Waals surface area contributed by atoms with Gasteiger partial charge in [-0.2, -0.15) is 0 Å². The molecule has 0 radical (unpaired) electrons. The van der Waals surface area contributed by atoms with Crippen LogP contribution in [0, 0.1) is 6.92 Å². The lowest BCUT2D eigenvalue weighted by Gasteiger charge is -2.19. The van der Waals surface area contributed by atoms with Crippen LogP contribution < -0.4 is 10.6 Å². The van der Waals surface area contributed by atoms with E-state index in [2.05, 4.69) is 10.6 Å². The van der Waals surface area contributed by atoms with E-state index in [1.165, 1.54) is 0 Å². The fraction of sp³-hybridized carbons (Fsp3) is 0.0909. The Morgan fingerprint density at radius 2 is 1.35 bits per heavy atom. The Kier molecular flexibility index (Phi) is 5.44. The Balaban J connectivity index is 1.82. The number of amides is 2. The van der Waals surface area contributed by atoms with Crippen molar-refractivity contribution in [2.24, 2.45) is 0 Å². The Morgan fingerprint density at radius 1 is 0.769 bits per heavy atom. The van der Waals surface area contributed by atoms with Gasteiger partial charge >= 0.3 is 0 Å². The molecule has 3 aromatic carbocycles. The maximum Gasteiger partial charge on any atom is 0.252 e. The van der Waals surface area contributed by atoms with Crippen molar-refractivity contribution < 1.29 is 9.59 Å². The predicted molar refractivity (Wildman–Crippen MR) is 103 cm³/mol. The number of benzene rings is 3. The summed E-state index contributed by atoms with van der Waals surface area (Å²) in [4.78, 5) is 25.4. The average Bonchev–Trinajstić information content (AvgIpc) is 2.68. The molecular weight excluding hydrogens is 324 g/mol. The summed E-state index contributed by atoms with van der Waals surface area (Å²) in [5.74, 6) is -0.579. The fourth-order valence-corrected chi connectivity index (χ4v) is 2.60. The lowest BCUT2D eigenvalue weighted by molar-refractivity contribution is -0.118. The number of para-hydroxylation sites is 1. The Morgan fingerprint density at radius 3 is 1.96 bits per heavy atom. The highest BCUT2D eigenvalue weighted by Crippen LogP contribution is 2.17. The minimum absolute atomic E-state index is 0.289. The normalized spacial score (nSPS) is 11.4. The first-order chi connectivity index (χ1) is 12.6. The predicted octanol–water partition coefficient (Wildman–Crippen LogP) is 4.10. The van der Waals surface area contributed by atoms with E-state index in [0.29, 0.717) is 11.3 Å². The zero-order chi connectivity index (χ0) is 18.4. The van der Waals surface area contributed by atoms with Crippen molar-refractivity contribution in [2.45, 2.75) is 13.0 Å². The first-order valence-electron chi connectivity index (χ1n) is 8.42. The summed E-state index contributed by atoms with van der Waals surface area (Å²) in [6.45, 7) is 1.96. The van der Waals surface area contributed by atoms with Crippen LogP contribution in [-0.2, 0) is 4.79 Å². The number of hydrogen-bond donors (Lipinski definition) is 2. The summed E-state index contributed by atoms with van der Waals surface area (Å²) in [5, 5.41) is 5.69. The number of hydrogen-bond acceptors (Lipinski definition) is 2. The summed E-state index contributed by atoms with van der Waals surface area (Å²) in [6.07, 6.45) is 0. The number of carbonyl (C=O) groups is 2. The standard InChI is InChI=1S/C22H20N2O2/c1-16-12-14-18(15-13-16)21(25)24-20(17-8-4-2-5-9-17)22(26)23-19-10-6-3-7-11-19/h2-15,20H,1H3,(H,23,26)(H,24,25)/t20-/m1/s1. The topological polar surface area (TPSA) is 58.2 Å². The number of anilines is 1. The van der Waals surface area contributed by atoms with E-state index in [1.54, 1.807) is 12.1 Å². The fourth-order valence-electron chi connectivity index (χ4n) is 2.60. The van der Waals surface area contributed by atoms with Gasteiger partial charge in [0.1, 0.15) is 6.04 Å². The van der Waals surface area contributed by atoms with E-state index in [9.17, 15) is 9.59 Å². The lowest BCUT2D eigenvalue weighted by Crippen LogP contribution is -2.37. The van der Waals surface area contributed by atoms with Crippen LogP contribution in [0.4, 0.5) is 5.69 Å². The van der Waals surface area contributed by atoms with Crippen LogP contribution in [0.5, 0.6) is 0 Å². The Bertz CT molecular complexity index is 875. The van der Waals surface area contributed by atoms with Gasteiger partial charge in [0.25, 0.3) is 11.8 Å². The van der Waals surface area contributed by atoms with Crippen LogP contribution >= 0.6 is 0 Å². The van der Waals surface area contributed by atoms with Gasteiger partial charge in [0.05, 0.1) is 0 Å². The van der Waals surface area contributed by atoms with Crippen LogP contribution in [0.25, 0.3) is 0 Å². The van der Waals surface area contributed by atoms with E-state index in [4.69, 9.17) is 0 Å². The van der Waals surface area contributed by atoms with E-state index in [1.807, 2.05) is 79.7 Å². The second-order valence-corrected chi connectivity index (χ2v) is 6.04. The van der Waals surface area contributed by atoms with Gasteiger partial charge in [0.2, 0.25) is 0 Å². The van der Waals surface area contributed by atoms with Crippen molar-refractivity contribution in [3.05, 3.63) is 102 Å². The molecule has 3 rings (SSSR count). The second kappa shape index (κ2) is 8.12. The Labute approximate surface area is 152 Å². The molecule has 0 bridgehead atoms. The van der Waals surface area contributed by atoms with Gasteiger partial charge < -0.3 is 10.6 Å². The summed E-state index contributed by atoms with van der Waals surface area (Å²) in [5.41, 5.74) is 3.00. The van der Waals surface area contributed by atoms with Crippen molar-refractivity contribution in [1.29, 1.82) is 0 Å². The van der Waals surface area contributed by atoms with Gasteiger partial charge in [-0.15, -0.1) is 0 Å². The highest BCUT2D eigenvalue weighted by Gasteiger charge is 2.23. The molecule has 0 aliphatic rings. The zero-order valence-electron chi connectivity index (χ0n) is 14.5. The summed E-state index contributed by atoms with van der Waals surface area (Å²) in [7, 11) is 0. The molecule has 0 aliphatic heterocycles. The van der Waals surface area contributed by atoms with E-state index in [-0.39, 0.29) is 11.8 Å². The molecule has 0 spiro atoms. The van der Waals surface area contributed by atoms with Gasteiger partial charge in [-0.3, -0.25) is 9.59 Å². The lowest BCUT2D eigenvalue weighted by atomic mass is 10.0. The van der Waals surface area contributed by atoms with Gasteiger partial charge in [0, 0.05) is 11.3 Å². The number of rotatable bonds is 5. The zero-order valence-corrected chi connectivity index (χ0v) is 14.5. The van der Waals surface area contributed by atoms with Crippen LogP contribution in [0.15, 0.2) is 84.9 Å². The van der Waals surface area contributed by atoms with Gasteiger partial charge in [-0.1, -0.05) is 66.2 Å². The molecule has 0 aliphatic carbocycles. The highest BCUT2D eigenvalue weighted by atomic mass is 16.2. The van der Waals surface area contributed by atoms with Crippen molar-refractivity contribution >= 4 is 17.5 Å². The third kappa shape index (κ3) is 4.36. The Hall–Kier alpha value is -3.40. The molecule has 0 fully saturated rings. The smallest absolute Gasteiger partial charge is 0.252 e. The largest absolute Gasteiger partial charge is 0.336 e. The van der Waals surface area contributed by atoms with Crippen LogP contribution in [0.2, 0.25) is 0 Å². The quantitative estimate of drug-likeness (QED) is 0.732.